The zero-order valence-electron chi connectivity index (χ0n) is 17.4. The molecule has 0 aliphatic heterocycles. The van der Waals surface area contributed by atoms with Gasteiger partial charge >= 0.3 is 6.36 Å². The topological polar surface area (TPSA) is 96.1 Å². The number of ether oxygens (including phenoxy) is 1. The van der Waals surface area contributed by atoms with E-state index in [0.29, 0.717) is 24.1 Å². The fraction of sp³-hybridized carbons (Fsp3) is 0.591. The molecule has 3 fully saturated rings. The van der Waals surface area contributed by atoms with Crippen molar-refractivity contribution in [2.45, 2.75) is 69.4 Å². The second-order valence-corrected chi connectivity index (χ2v) is 9.03. The number of azide groups is 1. The maximum atomic E-state index is 12.9. The van der Waals surface area contributed by atoms with Crippen molar-refractivity contribution in [3.63, 3.8) is 0 Å². The Bertz CT molecular complexity index is 1010. The summed E-state index contributed by atoms with van der Waals surface area (Å²) in [5.41, 5.74) is 10.3. The normalized spacial score (nSPS) is 27.2. The number of rotatable bonds is 7. The van der Waals surface area contributed by atoms with Gasteiger partial charge in [-0.15, -0.1) is 13.2 Å². The lowest BCUT2D eigenvalue weighted by Crippen LogP contribution is -2.40. The molecule has 2 unspecified atom stereocenters. The Hall–Kier alpha value is -2.71. The highest BCUT2D eigenvalue weighted by Gasteiger charge is 2.42. The van der Waals surface area contributed by atoms with Gasteiger partial charge in [-0.2, -0.15) is 0 Å². The fourth-order valence-electron chi connectivity index (χ4n) is 5.40. The lowest BCUT2D eigenvalue weighted by molar-refractivity contribution is -0.274. The predicted octanol–water partition coefficient (Wildman–Crippen LogP) is 6.07. The van der Waals surface area contributed by atoms with Gasteiger partial charge in [-0.25, -0.2) is 0 Å². The molecule has 170 valence electrons. The van der Waals surface area contributed by atoms with Crippen LogP contribution in [-0.4, -0.2) is 23.6 Å². The average Bonchev–Trinajstić information content (AvgIpc) is 3.46. The quantitative estimate of drug-likeness (QED) is 0.316. The second-order valence-electron chi connectivity index (χ2n) is 9.03. The van der Waals surface area contributed by atoms with Crippen molar-refractivity contribution >= 4 is 0 Å². The van der Waals surface area contributed by atoms with Crippen molar-refractivity contribution in [2.75, 3.05) is 0 Å². The maximum absolute atomic E-state index is 12.9. The van der Waals surface area contributed by atoms with Gasteiger partial charge in [-0.1, -0.05) is 22.4 Å². The van der Waals surface area contributed by atoms with Crippen LogP contribution >= 0.6 is 0 Å². The predicted molar refractivity (Wildman–Crippen MR) is 110 cm³/mol. The third kappa shape index (κ3) is 4.29. The standard InChI is InChI=1S/C22H24F3N5O2/c23-22(24,25)31-18-4-2-1-3-16(18)20-17(21(32-29-20)12-5-6-12)11-27-15-9-13-7-8-14(10-15)19(13)28-30-26/h1-4,12-15,19,27H,5-11H2/t13-,14+,15?,19?. The van der Waals surface area contributed by atoms with Crippen molar-refractivity contribution in [1.29, 1.82) is 0 Å². The van der Waals surface area contributed by atoms with E-state index in [2.05, 4.69) is 25.2 Å². The number of hydrogen-bond acceptors (Lipinski definition) is 5. The first-order chi connectivity index (χ1) is 15.4. The Morgan fingerprint density at radius 3 is 2.53 bits per heavy atom. The molecule has 1 heterocycles. The van der Waals surface area contributed by atoms with Gasteiger partial charge in [0.05, 0.1) is 0 Å². The number of nitrogens with one attached hydrogen (secondary N) is 1. The Morgan fingerprint density at radius 2 is 1.88 bits per heavy atom. The molecule has 2 aromatic rings. The highest BCUT2D eigenvalue weighted by atomic mass is 19.4. The number of benzene rings is 1. The zero-order chi connectivity index (χ0) is 22.3. The molecular formula is C22H24F3N5O2. The zero-order valence-corrected chi connectivity index (χ0v) is 17.4. The number of hydrogen-bond donors (Lipinski definition) is 1. The summed E-state index contributed by atoms with van der Waals surface area (Å²) in [5.74, 6) is 1.49. The van der Waals surface area contributed by atoms with E-state index < -0.39 is 6.36 Å². The molecule has 0 amide bonds. The van der Waals surface area contributed by atoms with E-state index >= 15 is 0 Å². The van der Waals surface area contributed by atoms with Crippen LogP contribution in [0.1, 0.15) is 55.8 Å². The Labute approximate surface area is 182 Å². The molecule has 0 saturated heterocycles. The molecule has 5 rings (SSSR count). The van der Waals surface area contributed by atoms with Crippen molar-refractivity contribution in [1.82, 2.24) is 10.5 Å². The number of aromatic nitrogens is 1. The van der Waals surface area contributed by atoms with E-state index in [0.717, 1.165) is 49.8 Å². The average molecular weight is 447 g/mol. The molecule has 3 saturated carbocycles. The molecule has 4 atom stereocenters. The Morgan fingerprint density at radius 1 is 1.16 bits per heavy atom. The molecule has 0 spiro atoms. The van der Waals surface area contributed by atoms with Crippen LogP contribution in [0.5, 0.6) is 5.75 Å². The molecule has 1 aromatic carbocycles. The van der Waals surface area contributed by atoms with E-state index in [9.17, 15) is 13.2 Å². The smallest absolute Gasteiger partial charge is 0.405 e. The maximum Gasteiger partial charge on any atom is 0.573 e. The minimum absolute atomic E-state index is 0.0811. The summed E-state index contributed by atoms with van der Waals surface area (Å²) in [4.78, 5) is 3.02. The van der Waals surface area contributed by atoms with E-state index in [1.54, 1.807) is 12.1 Å². The van der Waals surface area contributed by atoms with Crippen LogP contribution in [0, 0.1) is 11.8 Å². The van der Waals surface area contributed by atoms with Gasteiger partial charge in [0.2, 0.25) is 0 Å². The van der Waals surface area contributed by atoms with Gasteiger partial charge in [0.25, 0.3) is 0 Å². The summed E-state index contributed by atoms with van der Waals surface area (Å²) >= 11 is 0. The third-order valence-electron chi connectivity index (χ3n) is 6.94. The number of fused-ring (bicyclic) bond motifs is 2. The molecule has 32 heavy (non-hydrogen) atoms. The number of alkyl halides is 3. The van der Waals surface area contributed by atoms with E-state index in [1.807, 2.05) is 0 Å². The van der Waals surface area contributed by atoms with Gasteiger partial charge in [-0.05, 0) is 68.0 Å². The van der Waals surface area contributed by atoms with Crippen molar-refractivity contribution in [2.24, 2.45) is 17.0 Å². The van der Waals surface area contributed by atoms with E-state index in [1.165, 1.54) is 12.1 Å². The highest BCUT2D eigenvalue weighted by Crippen LogP contribution is 2.47. The number of halogens is 3. The summed E-state index contributed by atoms with van der Waals surface area (Å²) < 4.78 is 48.7. The van der Waals surface area contributed by atoms with E-state index in [4.69, 9.17) is 10.1 Å². The summed E-state index contributed by atoms with van der Waals surface area (Å²) in [6.07, 6.45) is 1.18. The first kappa shape index (κ1) is 21.2. The van der Waals surface area contributed by atoms with Crippen LogP contribution in [0.4, 0.5) is 13.2 Å². The minimum Gasteiger partial charge on any atom is -0.405 e. The lowest BCUT2D eigenvalue weighted by Gasteiger charge is -2.33. The van der Waals surface area contributed by atoms with Crippen molar-refractivity contribution in [3.05, 3.63) is 46.0 Å². The van der Waals surface area contributed by atoms with Crippen LogP contribution in [0.25, 0.3) is 21.7 Å². The van der Waals surface area contributed by atoms with Crippen LogP contribution in [-0.2, 0) is 6.54 Å². The largest absolute Gasteiger partial charge is 0.573 e. The molecule has 3 aliphatic rings. The van der Waals surface area contributed by atoms with Gasteiger partial charge in [-0.3, -0.25) is 0 Å². The van der Waals surface area contributed by atoms with Crippen LogP contribution in [0.2, 0.25) is 0 Å². The minimum atomic E-state index is -4.79. The molecule has 7 nitrogen and oxygen atoms in total. The fourth-order valence-corrected chi connectivity index (χ4v) is 5.40. The summed E-state index contributed by atoms with van der Waals surface area (Å²) in [5, 5.41) is 11.8. The van der Waals surface area contributed by atoms with Gasteiger partial charge in [0, 0.05) is 40.6 Å². The lowest BCUT2D eigenvalue weighted by atomic mass is 9.81. The third-order valence-corrected chi connectivity index (χ3v) is 6.94. The van der Waals surface area contributed by atoms with Crippen molar-refractivity contribution < 1.29 is 22.4 Å². The van der Waals surface area contributed by atoms with Crippen molar-refractivity contribution in [3.8, 4) is 17.0 Å². The SMILES string of the molecule is [N-]=[N+]=NC1[C@@H]2CC[C@H]1CC(NCc1c(-c3ccccc3OC(F)(F)F)noc1C1CC1)C2. The number of nitrogens with zero attached hydrogens (tertiary/aromatic N) is 4. The molecular weight excluding hydrogens is 423 g/mol. The first-order valence-electron chi connectivity index (χ1n) is 11.0. The van der Waals surface area contributed by atoms with Gasteiger partial charge < -0.3 is 14.6 Å². The summed E-state index contributed by atoms with van der Waals surface area (Å²) in [6, 6.07) is 6.37. The molecule has 0 radical (unpaired) electrons. The first-order valence-corrected chi connectivity index (χ1v) is 11.0. The van der Waals surface area contributed by atoms with Crippen LogP contribution < -0.4 is 10.1 Å². The number of para-hydroxylation sites is 1. The molecule has 1 aromatic heterocycles. The van der Waals surface area contributed by atoms with E-state index in [-0.39, 0.29) is 29.3 Å². The Balaban J connectivity index is 1.38. The van der Waals surface area contributed by atoms with Crippen LogP contribution in [0.3, 0.4) is 0 Å². The van der Waals surface area contributed by atoms with Gasteiger partial charge in [0.1, 0.15) is 17.2 Å². The van der Waals surface area contributed by atoms with Gasteiger partial charge in [0.15, 0.2) is 0 Å². The van der Waals surface area contributed by atoms with Crippen LogP contribution in [0.15, 0.2) is 33.9 Å². The molecule has 10 heteroatoms. The highest BCUT2D eigenvalue weighted by molar-refractivity contribution is 5.70. The monoisotopic (exact) mass is 447 g/mol. The Kier molecular flexibility index (Phi) is 5.51. The molecule has 2 bridgehead atoms. The summed E-state index contributed by atoms with van der Waals surface area (Å²) in [7, 11) is 0. The second kappa shape index (κ2) is 8.33. The molecule has 3 aliphatic carbocycles. The molecule has 1 N–H and O–H groups in total. The summed E-state index contributed by atoms with van der Waals surface area (Å²) in [6.45, 7) is 0.460.